The van der Waals surface area contributed by atoms with Gasteiger partial charge in [-0.05, 0) is 28.8 Å². The predicted octanol–water partition coefficient (Wildman–Crippen LogP) is 2.70. The van der Waals surface area contributed by atoms with E-state index in [2.05, 4.69) is 20.9 Å². The number of hydrogen-bond donors (Lipinski definition) is 0. The number of aromatic nitrogens is 1. The van der Waals surface area contributed by atoms with Gasteiger partial charge < -0.3 is 4.90 Å². The minimum Gasteiger partial charge on any atom is -0.351 e. The molecule has 1 aromatic rings. The van der Waals surface area contributed by atoms with Gasteiger partial charge >= 0.3 is 5.69 Å². The van der Waals surface area contributed by atoms with Gasteiger partial charge in [0.2, 0.25) is 5.82 Å². The molecule has 1 aliphatic rings. The molecule has 0 spiro atoms. The number of anilines is 1. The van der Waals surface area contributed by atoms with Gasteiger partial charge in [0, 0.05) is 42.7 Å². The zero-order valence-electron chi connectivity index (χ0n) is 10.5. The quantitative estimate of drug-likeness (QED) is 0.630. The van der Waals surface area contributed by atoms with E-state index in [0.717, 1.165) is 12.8 Å². The van der Waals surface area contributed by atoms with Crippen molar-refractivity contribution in [3.63, 3.8) is 0 Å². The van der Waals surface area contributed by atoms with Crippen molar-refractivity contribution in [1.82, 2.24) is 4.98 Å². The highest BCUT2D eigenvalue weighted by atomic mass is 79.9. The Morgan fingerprint density at radius 2 is 2.11 bits per heavy atom. The molecule has 19 heavy (non-hydrogen) atoms. The maximum absolute atomic E-state index is 11.2. The lowest BCUT2D eigenvalue weighted by molar-refractivity contribution is -0.384. The molecule has 0 aliphatic heterocycles. The molecule has 1 heterocycles. The number of carbonyl (C=O) groups is 1. The second kappa shape index (κ2) is 5.64. The van der Waals surface area contributed by atoms with E-state index in [1.165, 1.54) is 6.07 Å². The average Bonchev–Trinajstić information content (AvgIpc) is 2.38. The van der Waals surface area contributed by atoms with E-state index >= 15 is 0 Å². The number of nitro groups is 1. The smallest absolute Gasteiger partial charge is 0.312 e. The highest BCUT2D eigenvalue weighted by molar-refractivity contribution is 9.10. The summed E-state index contributed by atoms with van der Waals surface area (Å²) < 4.78 is 0.579. The first kappa shape index (κ1) is 13.9. The third-order valence-electron chi connectivity index (χ3n) is 3.41. The number of nitrogens with zero attached hydrogens (tertiary/aromatic N) is 3. The normalized spacial score (nSPS) is 16.4. The van der Waals surface area contributed by atoms with Crippen LogP contribution in [0.5, 0.6) is 0 Å². The molecule has 0 bridgehead atoms. The molecule has 0 atom stereocenters. The van der Waals surface area contributed by atoms with Crippen LogP contribution in [0.3, 0.4) is 0 Å². The van der Waals surface area contributed by atoms with E-state index in [1.54, 1.807) is 13.2 Å². The summed E-state index contributed by atoms with van der Waals surface area (Å²) in [5.74, 6) is 0.621. The van der Waals surface area contributed by atoms with Crippen LogP contribution in [0.1, 0.15) is 25.7 Å². The van der Waals surface area contributed by atoms with Crippen molar-refractivity contribution in [3.05, 3.63) is 26.9 Å². The molecule has 0 N–H and O–H groups in total. The topological polar surface area (TPSA) is 76.3 Å². The monoisotopic (exact) mass is 327 g/mol. The SMILES string of the molecule is CN(c1ncc(Br)cc1[N+](=O)[O-])C1CCC(=O)CC1. The third kappa shape index (κ3) is 3.09. The molecule has 0 aromatic carbocycles. The number of ketones is 1. The number of halogens is 1. The first-order valence-electron chi connectivity index (χ1n) is 6.03. The number of pyridine rings is 1. The highest BCUT2D eigenvalue weighted by Gasteiger charge is 2.27. The van der Waals surface area contributed by atoms with Crippen LogP contribution in [0.4, 0.5) is 11.5 Å². The molecule has 102 valence electrons. The van der Waals surface area contributed by atoms with Gasteiger partial charge in [-0.2, -0.15) is 0 Å². The average molecular weight is 328 g/mol. The van der Waals surface area contributed by atoms with Gasteiger partial charge in [0.15, 0.2) is 0 Å². The Balaban J connectivity index is 2.25. The number of hydrogen-bond acceptors (Lipinski definition) is 5. The van der Waals surface area contributed by atoms with Crippen molar-refractivity contribution in [2.24, 2.45) is 0 Å². The standard InChI is InChI=1S/C12H14BrN3O3/c1-15(9-2-4-10(17)5-3-9)12-11(16(18)19)6-8(13)7-14-12/h6-7,9H,2-5H2,1H3. The Bertz CT molecular complexity index is 511. The Kier molecular flexibility index (Phi) is 4.14. The Labute approximate surface area is 119 Å². The summed E-state index contributed by atoms with van der Waals surface area (Å²) >= 11 is 3.19. The minimum absolute atomic E-state index is 0.0197. The number of rotatable bonds is 3. The van der Waals surface area contributed by atoms with Crippen LogP contribution in [0.15, 0.2) is 16.7 Å². The molecule has 1 aromatic heterocycles. The van der Waals surface area contributed by atoms with Gasteiger partial charge in [0.05, 0.1) is 4.92 Å². The minimum atomic E-state index is -0.433. The number of Topliss-reactive ketones (excluding diaryl/α,β-unsaturated/α-hetero) is 1. The number of carbonyl (C=O) groups excluding carboxylic acids is 1. The fraction of sp³-hybridized carbons (Fsp3) is 0.500. The summed E-state index contributed by atoms with van der Waals surface area (Å²) in [6, 6.07) is 1.58. The molecule has 7 heteroatoms. The second-order valence-corrected chi connectivity index (χ2v) is 5.55. The summed E-state index contributed by atoms with van der Waals surface area (Å²) in [6.45, 7) is 0. The molecule has 0 unspecified atom stereocenters. The molecule has 2 rings (SSSR count). The summed E-state index contributed by atoms with van der Waals surface area (Å²) in [7, 11) is 1.80. The highest BCUT2D eigenvalue weighted by Crippen LogP contribution is 2.31. The zero-order chi connectivity index (χ0) is 14.0. The summed E-state index contributed by atoms with van der Waals surface area (Å²) in [5.41, 5.74) is -0.0197. The van der Waals surface area contributed by atoms with Gasteiger partial charge in [-0.3, -0.25) is 14.9 Å². The van der Waals surface area contributed by atoms with Crippen molar-refractivity contribution in [3.8, 4) is 0 Å². The van der Waals surface area contributed by atoms with Crippen molar-refractivity contribution < 1.29 is 9.72 Å². The summed E-state index contributed by atoms with van der Waals surface area (Å²) in [5, 5.41) is 11.1. The summed E-state index contributed by atoms with van der Waals surface area (Å²) in [4.78, 5) is 27.8. The predicted molar refractivity (Wildman–Crippen MR) is 74.3 cm³/mol. The molecular formula is C12H14BrN3O3. The van der Waals surface area contributed by atoms with E-state index in [9.17, 15) is 14.9 Å². The van der Waals surface area contributed by atoms with E-state index in [1.807, 2.05) is 4.90 Å². The molecule has 1 saturated carbocycles. The van der Waals surface area contributed by atoms with Crippen LogP contribution >= 0.6 is 15.9 Å². The van der Waals surface area contributed by atoms with Crippen LogP contribution in [0.25, 0.3) is 0 Å². The van der Waals surface area contributed by atoms with E-state index < -0.39 is 4.92 Å². The van der Waals surface area contributed by atoms with Gasteiger partial charge in [0.25, 0.3) is 0 Å². The maximum Gasteiger partial charge on any atom is 0.312 e. The Morgan fingerprint density at radius 1 is 1.47 bits per heavy atom. The molecule has 0 radical (unpaired) electrons. The van der Waals surface area contributed by atoms with Crippen molar-refractivity contribution >= 4 is 33.2 Å². The Hall–Kier alpha value is -1.50. The second-order valence-electron chi connectivity index (χ2n) is 4.63. The lowest BCUT2D eigenvalue weighted by atomic mass is 9.93. The van der Waals surface area contributed by atoms with Crippen LogP contribution in [-0.4, -0.2) is 28.8 Å². The van der Waals surface area contributed by atoms with Crippen LogP contribution in [0, 0.1) is 10.1 Å². The van der Waals surface area contributed by atoms with E-state index in [4.69, 9.17) is 0 Å². The molecule has 6 nitrogen and oxygen atoms in total. The lowest BCUT2D eigenvalue weighted by Gasteiger charge is -2.31. The van der Waals surface area contributed by atoms with Gasteiger partial charge in [-0.1, -0.05) is 0 Å². The first-order valence-corrected chi connectivity index (χ1v) is 6.83. The fourth-order valence-corrected chi connectivity index (χ4v) is 2.63. The lowest BCUT2D eigenvalue weighted by Crippen LogP contribution is -2.36. The molecule has 1 fully saturated rings. The van der Waals surface area contributed by atoms with E-state index in [-0.39, 0.29) is 17.5 Å². The van der Waals surface area contributed by atoms with Gasteiger partial charge in [-0.15, -0.1) is 0 Å². The molecular weight excluding hydrogens is 314 g/mol. The Morgan fingerprint density at radius 3 is 2.68 bits per heavy atom. The maximum atomic E-state index is 11.2. The van der Waals surface area contributed by atoms with Crippen LogP contribution in [-0.2, 0) is 4.79 Å². The summed E-state index contributed by atoms with van der Waals surface area (Å²) in [6.07, 6.45) is 4.08. The van der Waals surface area contributed by atoms with Crippen LogP contribution < -0.4 is 4.90 Å². The van der Waals surface area contributed by atoms with Crippen LogP contribution in [0.2, 0.25) is 0 Å². The van der Waals surface area contributed by atoms with Gasteiger partial charge in [0.1, 0.15) is 5.78 Å². The fourth-order valence-electron chi connectivity index (χ4n) is 2.31. The van der Waals surface area contributed by atoms with Crippen molar-refractivity contribution in [2.45, 2.75) is 31.7 Å². The largest absolute Gasteiger partial charge is 0.351 e. The van der Waals surface area contributed by atoms with Crippen molar-refractivity contribution in [2.75, 3.05) is 11.9 Å². The van der Waals surface area contributed by atoms with Crippen molar-refractivity contribution in [1.29, 1.82) is 0 Å². The first-order chi connectivity index (χ1) is 8.99. The zero-order valence-corrected chi connectivity index (χ0v) is 12.1. The third-order valence-corrected chi connectivity index (χ3v) is 3.84. The van der Waals surface area contributed by atoms with E-state index in [0.29, 0.717) is 23.1 Å². The molecule has 0 saturated heterocycles. The molecule has 1 aliphatic carbocycles. The molecule has 0 amide bonds. The van der Waals surface area contributed by atoms with Gasteiger partial charge in [-0.25, -0.2) is 4.98 Å².